The zero-order chi connectivity index (χ0) is 24.7. The summed E-state index contributed by atoms with van der Waals surface area (Å²) in [4.78, 5) is 6.67. The third-order valence-corrected chi connectivity index (χ3v) is 6.27. The Labute approximate surface area is 199 Å². The zero-order valence-electron chi connectivity index (χ0n) is 19.5. The van der Waals surface area contributed by atoms with Crippen molar-refractivity contribution < 1.29 is 27.1 Å². The quantitative estimate of drug-likeness (QED) is 0.507. The molecule has 5 rings (SSSR count). The number of piperidine rings is 1. The normalized spacial score (nSPS) is 22.0. The van der Waals surface area contributed by atoms with E-state index in [2.05, 4.69) is 35.2 Å². The summed E-state index contributed by atoms with van der Waals surface area (Å²) in [6.07, 6.45) is -2.60. The van der Waals surface area contributed by atoms with E-state index in [1.165, 1.54) is 24.3 Å². The van der Waals surface area contributed by atoms with Crippen molar-refractivity contribution in [2.24, 2.45) is 11.8 Å². The van der Waals surface area contributed by atoms with Gasteiger partial charge in [-0.15, -0.1) is 23.4 Å². The van der Waals surface area contributed by atoms with Gasteiger partial charge in [0.15, 0.2) is 0 Å². The second-order valence-electron chi connectivity index (χ2n) is 9.15. The van der Waals surface area contributed by atoms with E-state index in [0.717, 1.165) is 25.9 Å². The highest BCUT2D eigenvalue weighted by molar-refractivity contribution is 5.36. The summed E-state index contributed by atoms with van der Waals surface area (Å²) in [6.45, 7) is 7.27. The Hall–Kier alpha value is -3.51. The van der Waals surface area contributed by atoms with E-state index < -0.39 is 6.36 Å². The van der Waals surface area contributed by atoms with Crippen molar-refractivity contribution >= 4 is 12.0 Å². The van der Waals surface area contributed by atoms with Gasteiger partial charge in [-0.05, 0) is 62.8 Å². The van der Waals surface area contributed by atoms with Gasteiger partial charge in [-0.1, -0.05) is 5.10 Å². The van der Waals surface area contributed by atoms with Crippen LogP contribution in [0.3, 0.4) is 0 Å². The molecular formula is C22H26F3N7O3. The molecule has 2 fully saturated rings. The van der Waals surface area contributed by atoms with Gasteiger partial charge < -0.3 is 24.1 Å². The lowest BCUT2D eigenvalue weighted by Crippen LogP contribution is -2.48. The van der Waals surface area contributed by atoms with Crippen LogP contribution in [0.15, 0.2) is 28.7 Å². The molecule has 0 amide bonds. The molecule has 1 N–H and O–H groups in total. The summed E-state index contributed by atoms with van der Waals surface area (Å²) in [5.74, 6) is 1.74. The molecule has 13 heteroatoms. The van der Waals surface area contributed by atoms with Crippen molar-refractivity contribution in [3.8, 4) is 17.5 Å². The molecule has 35 heavy (non-hydrogen) atoms. The predicted octanol–water partition coefficient (Wildman–Crippen LogP) is 4.57. The largest absolute Gasteiger partial charge is 0.573 e. The number of halogens is 3. The molecule has 188 valence electrons. The van der Waals surface area contributed by atoms with Crippen molar-refractivity contribution in [3.63, 3.8) is 0 Å². The molecule has 10 nitrogen and oxygen atoms in total. The Bertz CT molecular complexity index is 1150. The lowest BCUT2D eigenvalue weighted by molar-refractivity contribution is -0.274. The zero-order valence-corrected chi connectivity index (χ0v) is 19.5. The van der Waals surface area contributed by atoms with E-state index in [4.69, 9.17) is 9.15 Å². The number of anilines is 2. The van der Waals surface area contributed by atoms with Crippen LogP contribution in [0.25, 0.3) is 0 Å². The molecule has 3 aromatic rings. The lowest BCUT2D eigenvalue weighted by Gasteiger charge is -2.37. The van der Waals surface area contributed by atoms with Gasteiger partial charge in [0.25, 0.3) is 0 Å². The Morgan fingerprint density at radius 3 is 2.29 bits per heavy atom. The maximum Gasteiger partial charge on any atom is 0.573 e. The predicted molar refractivity (Wildman–Crippen MR) is 118 cm³/mol. The molecule has 0 spiro atoms. The van der Waals surface area contributed by atoms with E-state index in [1.807, 2.05) is 13.8 Å². The van der Waals surface area contributed by atoms with Gasteiger partial charge >= 0.3 is 18.4 Å². The number of hydrogen-bond acceptors (Lipinski definition) is 9. The standard InChI is InChI=1S/C22H26F3N7O3/c1-12(2)32-20(34-16-6-8-17(9-7-16)35-22(23,24)25)27-19(30-32)26-18-14-4-5-15(18)11-31(10-14)21-29-28-13(3)33-21/h6-9,12,14-15,18H,4-5,10-11H2,1-3H3,(H,26,30)/t14-,15+,18+. The minimum absolute atomic E-state index is 0.0415. The van der Waals surface area contributed by atoms with Crippen LogP contribution in [0, 0.1) is 18.8 Å². The summed E-state index contributed by atoms with van der Waals surface area (Å²) in [5.41, 5.74) is 0. The van der Waals surface area contributed by atoms with Crippen LogP contribution in [0.2, 0.25) is 0 Å². The second kappa shape index (κ2) is 8.93. The number of fused-ring (bicyclic) bond motifs is 2. The Kier molecular flexibility index (Phi) is 5.93. The van der Waals surface area contributed by atoms with E-state index in [9.17, 15) is 13.2 Å². The van der Waals surface area contributed by atoms with Crippen molar-refractivity contribution in [1.29, 1.82) is 0 Å². The number of aromatic nitrogens is 5. The number of nitrogens with one attached hydrogen (secondary N) is 1. The lowest BCUT2D eigenvalue weighted by atomic mass is 9.92. The highest BCUT2D eigenvalue weighted by Gasteiger charge is 2.43. The molecule has 1 saturated carbocycles. The van der Waals surface area contributed by atoms with Gasteiger partial charge in [0, 0.05) is 26.1 Å². The SMILES string of the molecule is Cc1nnc(N2C[C@H]3CC[C@@H](C2)[C@H]3Nc2nc(Oc3ccc(OC(F)(F)F)cc3)n(C(C)C)n2)o1. The fourth-order valence-electron chi connectivity index (χ4n) is 4.77. The van der Waals surface area contributed by atoms with Gasteiger partial charge in [0.2, 0.25) is 11.8 Å². The number of ether oxygens (including phenoxy) is 2. The van der Waals surface area contributed by atoms with E-state index >= 15 is 0 Å². The van der Waals surface area contributed by atoms with Crippen LogP contribution >= 0.6 is 0 Å². The van der Waals surface area contributed by atoms with Crippen molar-refractivity contribution in [2.75, 3.05) is 23.3 Å². The Balaban J connectivity index is 1.28. The van der Waals surface area contributed by atoms with E-state index in [0.29, 0.717) is 35.4 Å². The molecule has 3 atom stereocenters. The van der Waals surface area contributed by atoms with Crippen LogP contribution in [-0.2, 0) is 0 Å². The minimum Gasteiger partial charge on any atom is -0.424 e. The fourth-order valence-corrected chi connectivity index (χ4v) is 4.77. The third kappa shape index (κ3) is 5.13. The number of benzene rings is 1. The summed E-state index contributed by atoms with van der Waals surface area (Å²) in [6, 6.07) is 6.12. The first kappa shape index (κ1) is 23.2. The first-order chi connectivity index (χ1) is 16.6. The number of aryl methyl sites for hydroxylation is 1. The second-order valence-corrected chi connectivity index (χ2v) is 9.15. The summed E-state index contributed by atoms with van der Waals surface area (Å²) in [5, 5.41) is 16.2. The molecule has 2 aromatic heterocycles. The highest BCUT2D eigenvalue weighted by atomic mass is 19.4. The molecule has 1 aliphatic heterocycles. The monoisotopic (exact) mass is 493 g/mol. The number of hydrogen-bond donors (Lipinski definition) is 1. The van der Waals surface area contributed by atoms with E-state index in [-0.39, 0.29) is 23.8 Å². The number of alkyl halides is 3. The molecule has 2 aliphatic rings. The molecule has 1 aliphatic carbocycles. The van der Waals surface area contributed by atoms with Crippen LogP contribution in [-0.4, -0.2) is 50.5 Å². The first-order valence-electron chi connectivity index (χ1n) is 11.5. The summed E-state index contributed by atoms with van der Waals surface area (Å²) < 4.78 is 54.2. The molecule has 0 radical (unpaired) electrons. The van der Waals surface area contributed by atoms with Crippen LogP contribution < -0.4 is 19.7 Å². The van der Waals surface area contributed by atoms with Crippen molar-refractivity contribution in [3.05, 3.63) is 30.2 Å². The Morgan fingerprint density at radius 2 is 1.71 bits per heavy atom. The number of nitrogens with zero attached hydrogens (tertiary/aromatic N) is 6. The highest BCUT2D eigenvalue weighted by Crippen LogP contribution is 2.40. The van der Waals surface area contributed by atoms with Crippen LogP contribution in [0.4, 0.5) is 25.1 Å². The Morgan fingerprint density at radius 1 is 1.06 bits per heavy atom. The smallest absolute Gasteiger partial charge is 0.424 e. The van der Waals surface area contributed by atoms with Gasteiger partial charge in [-0.25, -0.2) is 4.68 Å². The van der Waals surface area contributed by atoms with Crippen LogP contribution in [0.5, 0.6) is 17.5 Å². The molecule has 2 bridgehead atoms. The number of rotatable bonds is 7. The maximum absolute atomic E-state index is 12.4. The molecule has 0 unspecified atom stereocenters. The van der Waals surface area contributed by atoms with Gasteiger partial charge in [0.1, 0.15) is 11.5 Å². The molecular weight excluding hydrogens is 467 g/mol. The average molecular weight is 493 g/mol. The van der Waals surface area contributed by atoms with Crippen molar-refractivity contribution in [1.82, 2.24) is 25.0 Å². The fraction of sp³-hybridized carbons (Fsp3) is 0.545. The molecule has 1 aromatic carbocycles. The van der Waals surface area contributed by atoms with Gasteiger partial charge in [0.05, 0.1) is 6.04 Å². The third-order valence-electron chi connectivity index (χ3n) is 6.27. The topological polar surface area (TPSA) is 103 Å². The van der Waals surface area contributed by atoms with Gasteiger partial charge in [-0.3, -0.25) is 0 Å². The molecule has 1 saturated heterocycles. The van der Waals surface area contributed by atoms with Crippen LogP contribution in [0.1, 0.15) is 38.6 Å². The maximum atomic E-state index is 12.4. The minimum atomic E-state index is -4.75. The van der Waals surface area contributed by atoms with E-state index in [1.54, 1.807) is 11.6 Å². The molecule has 3 heterocycles. The van der Waals surface area contributed by atoms with Crippen molar-refractivity contribution in [2.45, 2.75) is 52.1 Å². The van der Waals surface area contributed by atoms with Gasteiger partial charge in [-0.2, -0.15) is 4.98 Å². The first-order valence-corrected chi connectivity index (χ1v) is 11.5. The summed E-state index contributed by atoms with van der Waals surface area (Å²) >= 11 is 0. The average Bonchev–Trinajstić information content (AvgIpc) is 3.45. The summed E-state index contributed by atoms with van der Waals surface area (Å²) in [7, 11) is 0.